The summed E-state index contributed by atoms with van der Waals surface area (Å²) >= 11 is 1.40. The van der Waals surface area contributed by atoms with Crippen LogP contribution in [0.1, 0.15) is 32.3 Å². The van der Waals surface area contributed by atoms with Crippen molar-refractivity contribution < 1.29 is 4.79 Å². The number of carbonyl (C=O) groups excluding carboxylic acids is 1. The van der Waals surface area contributed by atoms with Gasteiger partial charge in [0.25, 0.3) is 0 Å². The summed E-state index contributed by atoms with van der Waals surface area (Å²) in [7, 11) is 1.92. The van der Waals surface area contributed by atoms with E-state index in [1.54, 1.807) is 0 Å². The van der Waals surface area contributed by atoms with Crippen molar-refractivity contribution in [2.75, 3.05) is 5.32 Å². The van der Waals surface area contributed by atoms with Crippen molar-refractivity contribution in [1.82, 2.24) is 14.8 Å². The average Bonchev–Trinajstić information content (AvgIpc) is 3.03. The van der Waals surface area contributed by atoms with Crippen LogP contribution in [0.25, 0.3) is 11.4 Å². The van der Waals surface area contributed by atoms with Gasteiger partial charge < -0.3 is 9.88 Å². The first-order valence-electron chi connectivity index (χ1n) is 8.98. The Kier molecular flexibility index (Phi) is 5.96. The zero-order valence-corrected chi connectivity index (χ0v) is 16.8. The summed E-state index contributed by atoms with van der Waals surface area (Å²) in [6, 6.07) is 17.8. The highest BCUT2D eigenvalue weighted by molar-refractivity contribution is 8.00. The molecule has 1 amide bonds. The normalized spacial score (nSPS) is 12.2. The number of para-hydroxylation sites is 1. The molecule has 1 atom stereocenters. The van der Waals surface area contributed by atoms with E-state index in [4.69, 9.17) is 0 Å². The number of thioether (sulfide) groups is 1. The highest BCUT2D eigenvalue weighted by atomic mass is 32.2. The van der Waals surface area contributed by atoms with Crippen LogP contribution in [0.15, 0.2) is 59.8 Å². The minimum absolute atomic E-state index is 0.0441. The highest BCUT2D eigenvalue weighted by Gasteiger charge is 2.20. The maximum Gasteiger partial charge on any atom is 0.237 e. The number of amides is 1. The van der Waals surface area contributed by atoms with Crippen LogP contribution < -0.4 is 5.32 Å². The SMILES string of the molecule is CC(C)c1ccccc1NC(=O)[C@@H](C)Sc1nnc(-c2ccccc2)n1C. The van der Waals surface area contributed by atoms with Crippen molar-refractivity contribution in [2.45, 2.75) is 37.1 Å². The molecular formula is C21H24N4OS. The largest absolute Gasteiger partial charge is 0.325 e. The topological polar surface area (TPSA) is 59.8 Å². The second-order valence-electron chi connectivity index (χ2n) is 6.72. The molecule has 27 heavy (non-hydrogen) atoms. The molecule has 140 valence electrons. The summed E-state index contributed by atoms with van der Waals surface area (Å²) in [6.07, 6.45) is 0. The Morgan fingerprint density at radius 1 is 1.00 bits per heavy atom. The summed E-state index contributed by atoms with van der Waals surface area (Å²) < 4.78 is 1.92. The molecule has 0 saturated carbocycles. The fourth-order valence-electron chi connectivity index (χ4n) is 2.82. The maximum absolute atomic E-state index is 12.7. The average molecular weight is 381 g/mol. The smallest absolute Gasteiger partial charge is 0.237 e. The van der Waals surface area contributed by atoms with E-state index in [0.717, 1.165) is 22.6 Å². The molecule has 0 aliphatic heterocycles. The molecule has 1 aromatic heterocycles. The van der Waals surface area contributed by atoms with Crippen molar-refractivity contribution in [3.05, 3.63) is 60.2 Å². The quantitative estimate of drug-likeness (QED) is 0.628. The number of benzene rings is 2. The molecule has 1 heterocycles. The lowest BCUT2D eigenvalue weighted by Gasteiger charge is -2.16. The van der Waals surface area contributed by atoms with E-state index in [0.29, 0.717) is 11.1 Å². The van der Waals surface area contributed by atoms with Gasteiger partial charge in [-0.05, 0) is 24.5 Å². The maximum atomic E-state index is 12.7. The molecular weight excluding hydrogens is 356 g/mol. The zero-order valence-electron chi connectivity index (χ0n) is 16.0. The Labute approximate surface area is 164 Å². The summed E-state index contributed by atoms with van der Waals surface area (Å²) in [5, 5.41) is 12.0. The van der Waals surface area contributed by atoms with Crippen molar-refractivity contribution >= 4 is 23.4 Å². The van der Waals surface area contributed by atoms with Crippen LogP contribution in [-0.4, -0.2) is 25.9 Å². The Morgan fingerprint density at radius 3 is 2.37 bits per heavy atom. The van der Waals surface area contributed by atoms with Gasteiger partial charge in [-0.1, -0.05) is 74.1 Å². The summed E-state index contributed by atoms with van der Waals surface area (Å²) in [5.41, 5.74) is 3.00. The van der Waals surface area contributed by atoms with Crippen LogP contribution >= 0.6 is 11.8 Å². The van der Waals surface area contributed by atoms with E-state index < -0.39 is 0 Å². The first-order chi connectivity index (χ1) is 13.0. The van der Waals surface area contributed by atoms with Gasteiger partial charge in [0.05, 0.1) is 5.25 Å². The standard InChI is InChI=1S/C21H24N4OS/c1-14(2)17-12-8-9-13-18(17)22-20(26)15(3)27-21-24-23-19(25(21)4)16-10-6-5-7-11-16/h5-15H,1-4H3,(H,22,26)/t15-/m1/s1. The van der Waals surface area contributed by atoms with E-state index >= 15 is 0 Å². The van der Waals surface area contributed by atoms with Crippen LogP contribution in [0.4, 0.5) is 5.69 Å². The number of carbonyl (C=O) groups is 1. The van der Waals surface area contributed by atoms with Gasteiger partial charge in [-0.2, -0.15) is 0 Å². The van der Waals surface area contributed by atoms with E-state index in [-0.39, 0.29) is 11.2 Å². The van der Waals surface area contributed by atoms with E-state index in [2.05, 4.69) is 29.4 Å². The number of anilines is 1. The number of hydrogen-bond donors (Lipinski definition) is 1. The molecule has 0 unspecified atom stereocenters. The van der Waals surface area contributed by atoms with Crippen molar-refractivity contribution in [3.8, 4) is 11.4 Å². The van der Waals surface area contributed by atoms with Gasteiger partial charge in [-0.15, -0.1) is 10.2 Å². The molecule has 3 rings (SSSR count). The lowest BCUT2D eigenvalue weighted by Crippen LogP contribution is -2.23. The van der Waals surface area contributed by atoms with Crippen molar-refractivity contribution in [3.63, 3.8) is 0 Å². The number of hydrogen-bond acceptors (Lipinski definition) is 4. The molecule has 0 aliphatic carbocycles. The van der Waals surface area contributed by atoms with Crippen LogP contribution in [-0.2, 0) is 11.8 Å². The predicted molar refractivity (Wildman–Crippen MR) is 111 cm³/mol. The molecule has 1 N–H and O–H groups in total. The highest BCUT2D eigenvalue weighted by Crippen LogP contribution is 2.28. The third kappa shape index (κ3) is 4.39. The lowest BCUT2D eigenvalue weighted by molar-refractivity contribution is -0.115. The van der Waals surface area contributed by atoms with Gasteiger partial charge in [-0.25, -0.2) is 0 Å². The minimum atomic E-state index is -0.295. The molecule has 2 aromatic carbocycles. The molecule has 0 aliphatic rings. The van der Waals surface area contributed by atoms with Gasteiger partial charge in [0, 0.05) is 18.3 Å². The number of nitrogens with one attached hydrogen (secondary N) is 1. The second-order valence-corrected chi connectivity index (χ2v) is 8.03. The van der Waals surface area contributed by atoms with Crippen LogP contribution in [0, 0.1) is 0 Å². The van der Waals surface area contributed by atoms with Gasteiger partial charge >= 0.3 is 0 Å². The van der Waals surface area contributed by atoms with Crippen LogP contribution in [0.2, 0.25) is 0 Å². The Morgan fingerprint density at radius 2 is 1.67 bits per heavy atom. The van der Waals surface area contributed by atoms with Gasteiger partial charge in [0.15, 0.2) is 11.0 Å². The Balaban J connectivity index is 1.72. The minimum Gasteiger partial charge on any atom is -0.325 e. The van der Waals surface area contributed by atoms with Crippen LogP contribution in [0.3, 0.4) is 0 Å². The summed E-state index contributed by atoms with van der Waals surface area (Å²) in [4.78, 5) is 12.7. The third-order valence-electron chi connectivity index (χ3n) is 4.36. The van der Waals surface area contributed by atoms with Gasteiger partial charge in [-0.3, -0.25) is 4.79 Å². The number of nitrogens with zero attached hydrogens (tertiary/aromatic N) is 3. The molecule has 0 radical (unpaired) electrons. The molecule has 0 saturated heterocycles. The van der Waals surface area contributed by atoms with E-state index in [1.165, 1.54) is 11.8 Å². The first kappa shape index (κ1) is 19.2. The van der Waals surface area contributed by atoms with Crippen molar-refractivity contribution in [2.24, 2.45) is 7.05 Å². The summed E-state index contributed by atoms with van der Waals surface area (Å²) in [6.45, 7) is 6.12. The lowest BCUT2D eigenvalue weighted by atomic mass is 10.0. The van der Waals surface area contributed by atoms with E-state index in [9.17, 15) is 4.79 Å². The first-order valence-corrected chi connectivity index (χ1v) is 9.86. The zero-order chi connectivity index (χ0) is 19.4. The van der Waals surface area contributed by atoms with Gasteiger partial charge in [0.1, 0.15) is 0 Å². The summed E-state index contributed by atoms with van der Waals surface area (Å²) in [5.74, 6) is 1.09. The molecule has 0 bridgehead atoms. The third-order valence-corrected chi connectivity index (χ3v) is 5.49. The number of rotatable bonds is 6. The fourth-order valence-corrected chi connectivity index (χ4v) is 3.63. The molecule has 3 aromatic rings. The Bertz CT molecular complexity index is 921. The monoisotopic (exact) mass is 380 g/mol. The van der Waals surface area contributed by atoms with Crippen LogP contribution in [0.5, 0.6) is 0 Å². The van der Waals surface area contributed by atoms with E-state index in [1.807, 2.05) is 73.1 Å². The second kappa shape index (κ2) is 8.39. The fraction of sp³-hybridized carbons (Fsp3) is 0.286. The molecule has 5 nitrogen and oxygen atoms in total. The van der Waals surface area contributed by atoms with Gasteiger partial charge in [0.2, 0.25) is 5.91 Å². The molecule has 6 heteroatoms. The number of aromatic nitrogens is 3. The molecule has 0 spiro atoms. The predicted octanol–water partition coefficient (Wildman–Crippen LogP) is 4.72. The van der Waals surface area contributed by atoms with Crippen molar-refractivity contribution in [1.29, 1.82) is 0 Å². The molecule has 0 fully saturated rings. The Hall–Kier alpha value is -2.60.